The molecule has 12 heteroatoms. The van der Waals surface area contributed by atoms with Crippen molar-refractivity contribution < 1.29 is 9.59 Å². The number of aromatic amines is 2. The van der Waals surface area contributed by atoms with E-state index in [4.69, 9.17) is 0 Å². The number of unbranched alkanes of at least 4 members (excludes halogenated alkanes) is 20. The normalized spacial score (nSPS) is 14.8. The van der Waals surface area contributed by atoms with Gasteiger partial charge in [-0.15, -0.1) is 0 Å². The third-order valence-corrected chi connectivity index (χ3v) is 34.7. The Morgan fingerprint density at radius 3 is 0.680 bits per heavy atom. The number of amides is 4. The van der Waals surface area contributed by atoms with Gasteiger partial charge in [0.25, 0.3) is 11.1 Å². The van der Waals surface area contributed by atoms with Crippen molar-refractivity contribution in [2.24, 2.45) is 71.0 Å². The molecule has 0 unspecified atom stereocenters. The first-order chi connectivity index (χ1) is 70.8. The number of anilines is 4. The second kappa shape index (κ2) is 60.8. The van der Waals surface area contributed by atoms with Gasteiger partial charge in [0.2, 0.25) is 11.9 Å². The van der Waals surface area contributed by atoms with Gasteiger partial charge in [-0.05, 0) is 311 Å². The minimum absolute atomic E-state index is 0.176. The summed E-state index contributed by atoms with van der Waals surface area (Å²) in [4.78, 5) is 71.1. The minimum Gasteiger partial charge on any atom is -0.329 e. The molecule has 0 radical (unpaired) electrons. The van der Waals surface area contributed by atoms with Gasteiger partial charge >= 0.3 is 12.1 Å². The van der Waals surface area contributed by atoms with Gasteiger partial charge < -0.3 is 20.6 Å². The van der Waals surface area contributed by atoms with Crippen LogP contribution in [0.15, 0.2) is 131 Å². The van der Waals surface area contributed by atoms with Crippen LogP contribution in [0.2, 0.25) is 0 Å². The highest BCUT2D eigenvalue weighted by Crippen LogP contribution is 2.61. The minimum atomic E-state index is -0.419. The Hall–Kier alpha value is -8.38. The molecule has 6 atom stereocenters. The van der Waals surface area contributed by atoms with E-state index in [9.17, 15) is 19.2 Å². The standard InChI is InChI=1S/C135H206N8O4/c1-21-23-25-27-29-31-33-35-37-39-41-61-111-93-127(144)140-129(136-111)142-131(146)138-113-67-73-119-117-71-65-109(89-123(117)134(125(119)91-113,83-77-103(17)57-45-51-97(7)8)84-78-104(18)58-46-52-98(9)10)107-63-69-115-116-70-64-108(88-122(116)133(121(115)87-107,81-75-101(15)55-43-49-95(3)4)82-76-102(16)56-44-50-96(5)6)110-66-72-118-120-74-68-114(139-132(147)143-130-137-112(94-128(145)141-130)62-42-40-38-36-34-32-30-28-26-24-22-2)92-126(120)135(124(118)90-110,85-79-105(19)59-47-53-99(11)12)86-80-106(20)60-48-54-100(13)14/h63-74,87-106H,21-62,75-86H2,1-20H3,(H3,136,138,140,142,144,146)(H3,137,139,141,143,145,147)/t101-,102-,103-,104-,105-,106-/m0/s1. The molecule has 147 heavy (non-hydrogen) atoms. The van der Waals surface area contributed by atoms with Crippen molar-refractivity contribution in [3.05, 3.63) is 187 Å². The van der Waals surface area contributed by atoms with Crippen molar-refractivity contribution in [2.75, 3.05) is 21.3 Å². The lowest BCUT2D eigenvalue weighted by atomic mass is 9.67. The van der Waals surface area contributed by atoms with Gasteiger partial charge in [0.05, 0.1) is 0 Å². The van der Waals surface area contributed by atoms with E-state index in [0.717, 1.165) is 138 Å². The Balaban J connectivity index is 0.990. The van der Waals surface area contributed by atoms with Crippen molar-refractivity contribution in [1.82, 2.24) is 19.9 Å². The lowest BCUT2D eigenvalue weighted by Gasteiger charge is -2.36. The van der Waals surface area contributed by atoms with E-state index in [0.29, 0.717) is 71.0 Å². The first kappa shape index (κ1) is 119. The van der Waals surface area contributed by atoms with Crippen LogP contribution < -0.4 is 32.4 Å². The van der Waals surface area contributed by atoms with Gasteiger partial charge in [-0.1, -0.05) is 443 Å². The van der Waals surface area contributed by atoms with Gasteiger partial charge in [-0.3, -0.25) is 20.2 Å². The van der Waals surface area contributed by atoms with Crippen LogP contribution in [0.3, 0.4) is 0 Å². The van der Waals surface area contributed by atoms with E-state index in [1.165, 1.54) is 320 Å². The number of nitrogens with one attached hydrogen (secondary N) is 6. The zero-order valence-corrected chi connectivity index (χ0v) is 96.7. The summed E-state index contributed by atoms with van der Waals surface area (Å²) in [6, 6.07) is 46.6. The number of H-pyrrole nitrogens is 2. The average Bonchev–Trinajstić information content (AvgIpc) is 1.57. The van der Waals surface area contributed by atoms with E-state index < -0.39 is 12.1 Å². The highest BCUT2D eigenvalue weighted by Gasteiger charge is 2.48. The fraction of sp³-hybridized carbons (Fsp3) is 0.659. The molecule has 0 saturated heterocycles. The highest BCUT2D eigenvalue weighted by molar-refractivity contribution is 6.01. The maximum Gasteiger partial charge on any atom is 0.326 e. The first-order valence-corrected chi connectivity index (χ1v) is 61.0. The molecule has 0 spiro atoms. The summed E-state index contributed by atoms with van der Waals surface area (Å²) in [7, 11) is 0. The highest BCUT2D eigenvalue weighted by atomic mass is 16.2. The van der Waals surface area contributed by atoms with E-state index in [-0.39, 0.29) is 39.3 Å². The average molecular weight is 2010 g/mol. The predicted octanol–water partition coefficient (Wildman–Crippen LogP) is 40.4. The number of aromatic nitrogens is 4. The van der Waals surface area contributed by atoms with Crippen LogP contribution in [0.4, 0.5) is 32.9 Å². The van der Waals surface area contributed by atoms with Crippen LogP contribution in [-0.4, -0.2) is 32.0 Å². The maximum absolute atomic E-state index is 14.6. The summed E-state index contributed by atoms with van der Waals surface area (Å²) in [6.45, 7) is 48.2. The molecule has 11 rings (SSSR count). The number of hydrogen-bond donors (Lipinski definition) is 6. The van der Waals surface area contributed by atoms with Crippen LogP contribution in [-0.2, 0) is 29.1 Å². The van der Waals surface area contributed by atoms with Crippen LogP contribution in [0.25, 0.3) is 55.6 Å². The van der Waals surface area contributed by atoms with E-state index >= 15 is 0 Å². The Bertz CT molecular complexity index is 5030. The molecule has 3 aliphatic rings. The van der Waals surface area contributed by atoms with Gasteiger partial charge in [0.15, 0.2) is 0 Å². The van der Waals surface area contributed by atoms with E-state index in [2.05, 4.69) is 289 Å². The van der Waals surface area contributed by atoms with Crippen LogP contribution in [0.5, 0.6) is 0 Å². The molecular formula is C135H206N8O4. The third kappa shape index (κ3) is 36.4. The largest absolute Gasteiger partial charge is 0.329 e. The Morgan fingerprint density at radius 2 is 0.456 bits per heavy atom. The van der Waals surface area contributed by atoms with Gasteiger partial charge in [0, 0.05) is 51.1 Å². The summed E-state index contributed by atoms with van der Waals surface area (Å²) in [5, 5.41) is 12.6. The molecule has 4 amide bonds. The zero-order chi connectivity index (χ0) is 105. The fourth-order valence-corrected chi connectivity index (χ4v) is 25.3. The maximum atomic E-state index is 14.6. The summed E-state index contributed by atoms with van der Waals surface area (Å²) < 4.78 is 0. The summed E-state index contributed by atoms with van der Waals surface area (Å²) >= 11 is 0. The van der Waals surface area contributed by atoms with Gasteiger partial charge in [-0.25, -0.2) is 9.59 Å². The Labute approximate surface area is 895 Å². The number of fused-ring (bicyclic) bond motifs is 9. The molecular weight excluding hydrogens is 1800 g/mol. The van der Waals surface area contributed by atoms with Gasteiger partial charge in [-0.2, -0.15) is 9.97 Å². The zero-order valence-electron chi connectivity index (χ0n) is 96.7. The molecule has 0 fully saturated rings. The monoisotopic (exact) mass is 2000 g/mol. The molecule has 12 nitrogen and oxygen atoms in total. The third-order valence-electron chi connectivity index (χ3n) is 34.7. The van der Waals surface area contributed by atoms with Crippen molar-refractivity contribution in [3.63, 3.8) is 0 Å². The number of urea groups is 2. The summed E-state index contributed by atoms with van der Waals surface area (Å²) in [6.07, 6.45) is 64.1. The smallest absolute Gasteiger partial charge is 0.326 e. The molecule has 6 aromatic carbocycles. The quantitative estimate of drug-likeness (QED) is 0.0207. The molecule has 0 aliphatic heterocycles. The summed E-state index contributed by atoms with van der Waals surface area (Å²) in [5.74, 6) is 7.62. The number of rotatable bonds is 72. The van der Waals surface area contributed by atoms with Crippen molar-refractivity contribution >= 4 is 35.3 Å². The van der Waals surface area contributed by atoms with E-state index in [1.807, 2.05) is 0 Å². The Morgan fingerprint density at radius 1 is 0.245 bits per heavy atom. The summed E-state index contributed by atoms with van der Waals surface area (Å²) in [5.41, 5.74) is 22.9. The van der Waals surface area contributed by atoms with Crippen LogP contribution in [0.1, 0.15) is 517 Å². The van der Waals surface area contributed by atoms with Crippen LogP contribution in [0, 0.1) is 71.0 Å². The molecule has 8 aromatic rings. The SMILES string of the molecule is CCCCCCCCCCCCCc1cc(=O)nc(NC(=O)Nc2ccc3c(c2)C(CC[C@@H](C)CCCC(C)C)(CC[C@@H](C)CCCC(C)C)c2cc(-c4ccc5c(c4)C(CC[C@@H](C)CCCC(C)C)(CC[C@@H](C)CCCC(C)C)c4cc(-c6ccc7c(c6)C(CC[C@@H](C)CCCC(C)C)(CC[C@@H](C)CCCC(C)C)c6cc(NC(=O)Nc8nc(=O)cc(CCCCCCCCCCCCC)[nH]8)ccc6-7)ccc4-5)ccc2-3)[nH]1. The van der Waals surface area contributed by atoms with Gasteiger partial charge in [0.1, 0.15) is 0 Å². The molecule has 0 saturated carbocycles. The number of carbonyl (C=O) groups excluding carboxylic acids is 2. The van der Waals surface area contributed by atoms with E-state index in [1.54, 1.807) is 12.1 Å². The molecule has 6 N–H and O–H groups in total. The number of carbonyl (C=O) groups is 2. The van der Waals surface area contributed by atoms with Crippen LogP contribution >= 0.6 is 0 Å². The molecule has 0 bridgehead atoms. The topological polar surface area (TPSA) is 174 Å². The van der Waals surface area contributed by atoms with Crippen molar-refractivity contribution in [1.29, 1.82) is 0 Å². The lowest BCUT2D eigenvalue weighted by molar-refractivity contribution is 0.261. The predicted molar refractivity (Wildman–Crippen MR) is 634 cm³/mol. The van der Waals surface area contributed by atoms with Crippen molar-refractivity contribution in [2.45, 2.75) is 501 Å². The number of aryl methyl sites for hydroxylation is 2. The molecule has 3 aliphatic carbocycles. The first-order valence-electron chi connectivity index (χ1n) is 61.0. The second-order valence-electron chi connectivity index (χ2n) is 50.5. The lowest BCUT2D eigenvalue weighted by Crippen LogP contribution is -2.28. The number of hydrogen-bond acceptors (Lipinski definition) is 6. The number of nitrogens with zero attached hydrogens (tertiary/aromatic N) is 2. The molecule has 810 valence electrons. The fourth-order valence-electron chi connectivity index (χ4n) is 25.3. The number of benzene rings is 6. The Kier molecular flexibility index (Phi) is 49.1. The molecule has 2 heterocycles. The molecule has 2 aromatic heterocycles. The second-order valence-corrected chi connectivity index (χ2v) is 50.5. The van der Waals surface area contributed by atoms with Crippen molar-refractivity contribution in [3.8, 4) is 55.6 Å².